The third-order valence-electron chi connectivity index (χ3n) is 2.39. The summed E-state index contributed by atoms with van der Waals surface area (Å²) < 4.78 is 25.5. The molecule has 1 aliphatic carbocycles. The van der Waals surface area contributed by atoms with Crippen molar-refractivity contribution in [2.75, 3.05) is 0 Å². The molecule has 1 fully saturated rings. The van der Waals surface area contributed by atoms with Gasteiger partial charge in [-0.05, 0) is 11.6 Å². The van der Waals surface area contributed by atoms with Gasteiger partial charge < -0.3 is 5.11 Å². The van der Waals surface area contributed by atoms with E-state index in [4.69, 9.17) is 5.11 Å². The van der Waals surface area contributed by atoms with Crippen molar-refractivity contribution in [2.24, 2.45) is 0 Å². The van der Waals surface area contributed by atoms with Crippen LogP contribution >= 0.6 is 0 Å². The number of hydrogen-bond acceptors (Lipinski definition) is 1. The van der Waals surface area contributed by atoms with Crippen LogP contribution in [0.25, 0.3) is 0 Å². The summed E-state index contributed by atoms with van der Waals surface area (Å²) in [5.41, 5.74) is 0.222. The van der Waals surface area contributed by atoms with Crippen molar-refractivity contribution in [3.8, 4) is 0 Å². The summed E-state index contributed by atoms with van der Waals surface area (Å²) in [6, 6.07) is 5.92. The van der Waals surface area contributed by atoms with Gasteiger partial charge in [0.15, 0.2) is 0 Å². The molecule has 1 N–H and O–H groups in total. The first-order valence-electron chi connectivity index (χ1n) is 4.22. The van der Waals surface area contributed by atoms with E-state index in [1.807, 2.05) is 0 Å². The van der Waals surface area contributed by atoms with E-state index in [1.165, 1.54) is 18.2 Å². The predicted molar refractivity (Wildman–Crippen MR) is 45.7 cm³/mol. The summed E-state index contributed by atoms with van der Waals surface area (Å²) in [6.45, 7) is 0. The Hall–Kier alpha value is -1.45. The molecule has 0 spiro atoms. The van der Waals surface area contributed by atoms with Crippen LogP contribution in [0.5, 0.6) is 0 Å². The number of carbonyl (C=O) groups is 1. The van der Waals surface area contributed by atoms with Gasteiger partial charge >= 0.3 is 5.97 Å². The zero-order valence-electron chi connectivity index (χ0n) is 7.21. The molecule has 0 unspecified atom stereocenters. The Kier molecular flexibility index (Phi) is 1.80. The molecule has 0 heterocycles. The highest BCUT2D eigenvalue weighted by Crippen LogP contribution is 2.56. The molecule has 0 amide bonds. The maximum absolute atomic E-state index is 12.7. The Balaban J connectivity index is 2.39. The second kappa shape index (κ2) is 2.77. The van der Waals surface area contributed by atoms with E-state index in [-0.39, 0.29) is 17.5 Å². The van der Waals surface area contributed by atoms with E-state index >= 15 is 0 Å². The standard InChI is InChI=1S/C10H8F2O2/c11-10(12)5-8(10)6-3-1-2-4-7(6)9(13)14/h1-4,8H,5H2,(H,13,14)/t8-/m1/s1. The van der Waals surface area contributed by atoms with Crippen molar-refractivity contribution in [1.29, 1.82) is 0 Å². The van der Waals surface area contributed by atoms with Gasteiger partial charge in [-0.25, -0.2) is 13.6 Å². The van der Waals surface area contributed by atoms with Crippen LogP contribution in [0.4, 0.5) is 8.78 Å². The third-order valence-corrected chi connectivity index (χ3v) is 2.39. The number of hydrogen-bond donors (Lipinski definition) is 1. The van der Waals surface area contributed by atoms with Gasteiger partial charge in [-0.15, -0.1) is 0 Å². The molecule has 1 saturated carbocycles. The normalized spacial score (nSPS) is 23.1. The molecule has 1 aromatic rings. The monoisotopic (exact) mass is 198 g/mol. The zero-order chi connectivity index (χ0) is 10.3. The molecule has 1 aromatic carbocycles. The zero-order valence-corrected chi connectivity index (χ0v) is 7.21. The number of carboxylic acid groups (broad SMARTS) is 1. The molecule has 0 aliphatic heterocycles. The summed E-state index contributed by atoms with van der Waals surface area (Å²) in [5.74, 6) is -4.77. The Morgan fingerprint density at radius 2 is 2.00 bits per heavy atom. The first-order chi connectivity index (χ1) is 6.52. The van der Waals surface area contributed by atoms with Gasteiger partial charge in [0.2, 0.25) is 0 Å². The van der Waals surface area contributed by atoms with E-state index in [1.54, 1.807) is 6.07 Å². The average molecular weight is 198 g/mol. The van der Waals surface area contributed by atoms with Crippen molar-refractivity contribution in [2.45, 2.75) is 18.3 Å². The predicted octanol–water partition coefficient (Wildman–Crippen LogP) is 2.51. The van der Waals surface area contributed by atoms with Gasteiger partial charge in [0, 0.05) is 6.42 Å². The molecule has 1 atom stereocenters. The van der Waals surface area contributed by atoms with Gasteiger partial charge in [-0.2, -0.15) is 0 Å². The summed E-state index contributed by atoms with van der Waals surface area (Å²) in [5, 5.41) is 8.77. The molecule has 2 nitrogen and oxygen atoms in total. The molecule has 1 aliphatic rings. The molecule has 0 saturated heterocycles. The number of halogens is 2. The van der Waals surface area contributed by atoms with Gasteiger partial charge in [-0.1, -0.05) is 18.2 Å². The maximum Gasteiger partial charge on any atom is 0.335 e. The fourth-order valence-electron chi connectivity index (χ4n) is 1.55. The summed E-state index contributed by atoms with van der Waals surface area (Å²) in [4.78, 5) is 10.7. The number of alkyl halides is 2. The van der Waals surface area contributed by atoms with Gasteiger partial charge in [0.05, 0.1) is 11.5 Å². The van der Waals surface area contributed by atoms with Crippen molar-refractivity contribution in [3.05, 3.63) is 35.4 Å². The largest absolute Gasteiger partial charge is 0.478 e. The van der Waals surface area contributed by atoms with Gasteiger partial charge in [0.25, 0.3) is 5.92 Å². The van der Waals surface area contributed by atoms with Gasteiger partial charge in [-0.3, -0.25) is 0 Å². The molecule has 0 bridgehead atoms. The lowest BCUT2D eigenvalue weighted by atomic mass is 10.0. The Morgan fingerprint density at radius 3 is 2.50 bits per heavy atom. The number of carboxylic acids is 1. The number of aromatic carboxylic acids is 1. The molecular weight excluding hydrogens is 190 g/mol. The minimum atomic E-state index is -2.72. The number of rotatable bonds is 2. The summed E-state index contributed by atoms with van der Waals surface area (Å²) in [6.07, 6.45) is -0.239. The van der Waals surface area contributed by atoms with Crippen LogP contribution in [-0.2, 0) is 0 Å². The fourth-order valence-corrected chi connectivity index (χ4v) is 1.55. The van der Waals surface area contributed by atoms with E-state index in [0.717, 1.165) is 0 Å². The lowest BCUT2D eigenvalue weighted by molar-refractivity contribution is 0.0694. The lowest BCUT2D eigenvalue weighted by Gasteiger charge is -2.03. The fraction of sp³-hybridized carbons (Fsp3) is 0.300. The molecule has 14 heavy (non-hydrogen) atoms. The van der Waals surface area contributed by atoms with Crippen LogP contribution in [-0.4, -0.2) is 17.0 Å². The van der Waals surface area contributed by atoms with Crippen molar-refractivity contribution >= 4 is 5.97 Å². The SMILES string of the molecule is O=C(O)c1ccccc1[C@H]1CC1(F)F. The smallest absolute Gasteiger partial charge is 0.335 e. The molecule has 4 heteroatoms. The molecule has 0 radical (unpaired) electrons. The van der Waals surface area contributed by atoms with Crippen LogP contribution in [0.15, 0.2) is 24.3 Å². The molecule has 0 aromatic heterocycles. The topological polar surface area (TPSA) is 37.3 Å². The minimum Gasteiger partial charge on any atom is -0.478 e. The summed E-state index contributed by atoms with van der Waals surface area (Å²) >= 11 is 0. The van der Waals surface area contributed by atoms with Crippen molar-refractivity contribution in [3.63, 3.8) is 0 Å². The molecular formula is C10H8F2O2. The maximum atomic E-state index is 12.7. The van der Waals surface area contributed by atoms with Crippen LogP contribution in [0.3, 0.4) is 0 Å². The third kappa shape index (κ3) is 1.36. The van der Waals surface area contributed by atoms with E-state index in [9.17, 15) is 13.6 Å². The Bertz CT molecular complexity index is 387. The van der Waals surface area contributed by atoms with E-state index in [2.05, 4.69) is 0 Å². The van der Waals surface area contributed by atoms with Crippen LogP contribution in [0.1, 0.15) is 28.3 Å². The lowest BCUT2D eigenvalue weighted by Crippen LogP contribution is -2.03. The molecule has 74 valence electrons. The van der Waals surface area contributed by atoms with Crippen LogP contribution < -0.4 is 0 Å². The highest BCUT2D eigenvalue weighted by molar-refractivity contribution is 5.89. The Labute approximate surface area is 79.2 Å². The summed E-state index contributed by atoms with van der Waals surface area (Å²) in [7, 11) is 0. The minimum absolute atomic E-state index is 0.0188. The van der Waals surface area contributed by atoms with E-state index in [0.29, 0.717) is 0 Å². The van der Waals surface area contributed by atoms with Crippen LogP contribution in [0, 0.1) is 0 Å². The highest BCUT2D eigenvalue weighted by Gasteiger charge is 2.58. The average Bonchev–Trinajstić information content (AvgIpc) is 2.75. The second-order valence-electron chi connectivity index (χ2n) is 3.41. The quantitative estimate of drug-likeness (QED) is 0.792. The van der Waals surface area contributed by atoms with Crippen molar-refractivity contribution < 1.29 is 18.7 Å². The van der Waals surface area contributed by atoms with Gasteiger partial charge in [0.1, 0.15) is 0 Å². The number of benzene rings is 1. The second-order valence-corrected chi connectivity index (χ2v) is 3.41. The Morgan fingerprint density at radius 1 is 1.43 bits per heavy atom. The van der Waals surface area contributed by atoms with Crippen LogP contribution in [0.2, 0.25) is 0 Å². The van der Waals surface area contributed by atoms with Crippen molar-refractivity contribution in [1.82, 2.24) is 0 Å². The van der Waals surface area contributed by atoms with E-state index < -0.39 is 17.8 Å². The first-order valence-corrected chi connectivity index (χ1v) is 4.22. The highest BCUT2D eigenvalue weighted by atomic mass is 19.3. The first kappa shape index (κ1) is 9.12. The molecule has 2 rings (SSSR count).